The zero-order chi connectivity index (χ0) is 24.7. The molecule has 0 saturated carbocycles. The number of alkyl halides is 2. The number of aliphatic carboxylic acids is 1. The van der Waals surface area contributed by atoms with Crippen LogP contribution in [0, 0.1) is 12.3 Å². The fourth-order valence-electron chi connectivity index (χ4n) is 3.92. The lowest BCUT2D eigenvalue weighted by Crippen LogP contribution is -2.46. The van der Waals surface area contributed by atoms with Crippen LogP contribution in [0.15, 0.2) is 18.2 Å². The first-order valence-electron chi connectivity index (χ1n) is 10.9. The molecule has 1 aromatic rings. The monoisotopic (exact) mass is 576 g/mol. The molecule has 0 saturated heterocycles. The molecule has 0 bridgehead atoms. The van der Waals surface area contributed by atoms with Crippen LogP contribution >= 0.6 is 31.9 Å². The zero-order valence-electron chi connectivity index (χ0n) is 20.3. The number of nitrogens with one attached hydrogen (secondary N) is 1. The minimum absolute atomic E-state index is 0.197. The largest absolute Gasteiger partial charge is 0.481 e. The predicted octanol–water partition coefficient (Wildman–Crippen LogP) is 6.09. The Morgan fingerprint density at radius 1 is 1.09 bits per heavy atom. The van der Waals surface area contributed by atoms with Gasteiger partial charge in [-0.15, -0.1) is 0 Å². The summed E-state index contributed by atoms with van der Waals surface area (Å²) >= 11 is 7.06. The fraction of sp³-hybridized carbons (Fsp3) is 0.667. The van der Waals surface area contributed by atoms with Crippen molar-refractivity contribution >= 4 is 49.6 Å². The SMILES string of the molecule is Cc1ccc(N(CCBr)CCBr)cc1C([C@@H](CC(=O)O)NC(=O)OC(C)(C)C)C(C)(C)C. The quantitative estimate of drug-likeness (QED) is 0.329. The summed E-state index contributed by atoms with van der Waals surface area (Å²) in [5.74, 6) is -1.20. The molecule has 1 aromatic carbocycles. The maximum Gasteiger partial charge on any atom is 0.407 e. The highest BCUT2D eigenvalue weighted by Gasteiger charge is 2.37. The number of amides is 1. The topological polar surface area (TPSA) is 78.9 Å². The Morgan fingerprint density at radius 2 is 1.66 bits per heavy atom. The Kier molecular flexibility index (Phi) is 11.0. The number of anilines is 1. The highest BCUT2D eigenvalue weighted by molar-refractivity contribution is 9.09. The lowest BCUT2D eigenvalue weighted by atomic mass is 9.70. The minimum atomic E-state index is -0.964. The number of carboxylic acid groups (broad SMARTS) is 1. The van der Waals surface area contributed by atoms with E-state index in [9.17, 15) is 14.7 Å². The van der Waals surface area contributed by atoms with E-state index in [2.05, 4.69) is 81.0 Å². The molecule has 1 rings (SSSR count). The Bertz CT molecular complexity index is 766. The highest BCUT2D eigenvalue weighted by atomic mass is 79.9. The molecule has 1 amide bonds. The van der Waals surface area contributed by atoms with Gasteiger partial charge in [0.25, 0.3) is 0 Å². The standard InChI is InChI=1S/C24H38Br2N2O4/c1-16-8-9-17(28(12-10-25)13-11-26)14-18(16)21(23(2,3)4)19(15-20(29)30)27-22(31)32-24(5,6)7/h8-9,14,19,21H,10-13,15H2,1-7H3,(H,27,31)(H,29,30)/t19-,21?/m1/s1. The number of carbonyl (C=O) groups excluding carboxylic acids is 1. The predicted molar refractivity (Wildman–Crippen MR) is 139 cm³/mol. The summed E-state index contributed by atoms with van der Waals surface area (Å²) in [6, 6.07) is 5.68. The number of carbonyl (C=O) groups is 2. The van der Waals surface area contributed by atoms with Gasteiger partial charge in [0.15, 0.2) is 0 Å². The molecule has 0 spiro atoms. The highest BCUT2D eigenvalue weighted by Crippen LogP contribution is 2.41. The number of benzene rings is 1. The molecule has 0 radical (unpaired) electrons. The van der Waals surface area contributed by atoms with Gasteiger partial charge in [-0.05, 0) is 56.4 Å². The molecule has 0 heterocycles. The number of halogens is 2. The van der Waals surface area contributed by atoms with Crippen molar-refractivity contribution in [1.82, 2.24) is 5.32 Å². The van der Waals surface area contributed by atoms with Crippen molar-refractivity contribution in [2.75, 3.05) is 28.6 Å². The van der Waals surface area contributed by atoms with E-state index in [4.69, 9.17) is 4.74 Å². The summed E-state index contributed by atoms with van der Waals surface area (Å²) < 4.78 is 5.44. The number of hydrogen-bond acceptors (Lipinski definition) is 4. The van der Waals surface area contributed by atoms with Crippen LogP contribution in [0.1, 0.15) is 65.0 Å². The summed E-state index contributed by atoms with van der Waals surface area (Å²) in [4.78, 5) is 26.6. The van der Waals surface area contributed by atoms with E-state index in [1.54, 1.807) is 20.8 Å². The van der Waals surface area contributed by atoms with E-state index in [1.807, 2.05) is 6.92 Å². The van der Waals surface area contributed by atoms with Crippen LogP contribution in [-0.4, -0.2) is 52.6 Å². The number of rotatable bonds is 10. The summed E-state index contributed by atoms with van der Waals surface area (Å²) in [6.07, 6.45) is -0.802. The Labute approximate surface area is 209 Å². The van der Waals surface area contributed by atoms with E-state index >= 15 is 0 Å². The van der Waals surface area contributed by atoms with Crippen LogP contribution in [0.5, 0.6) is 0 Å². The molecule has 1 unspecified atom stereocenters. The number of nitrogens with zero attached hydrogens (tertiary/aromatic N) is 1. The first-order valence-corrected chi connectivity index (χ1v) is 13.1. The third-order valence-corrected chi connectivity index (χ3v) is 5.81. The Morgan fingerprint density at radius 3 is 2.09 bits per heavy atom. The van der Waals surface area contributed by atoms with Crippen LogP contribution in [-0.2, 0) is 9.53 Å². The second-order valence-electron chi connectivity index (χ2n) is 10.1. The van der Waals surface area contributed by atoms with Crippen molar-refractivity contribution in [3.8, 4) is 0 Å². The van der Waals surface area contributed by atoms with Gasteiger partial charge < -0.3 is 20.1 Å². The normalized spacial score (nSPS) is 13.9. The molecule has 0 fully saturated rings. The van der Waals surface area contributed by atoms with Crippen molar-refractivity contribution in [2.24, 2.45) is 5.41 Å². The number of aryl methyl sites for hydroxylation is 1. The van der Waals surface area contributed by atoms with Crippen LogP contribution in [0.3, 0.4) is 0 Å². The van der Waals surface area contributed by atoms with Crippen molar-refractivity contribution < 1.29 is 19.4 Å². The molecule has 2 atom stereocenters. The number of alkyl carbamates (subject to hydrolysis) is 1. The van der Waals surface area contributed by atoms with Gasteiger partial charge in [0.05, 0.1) is 6.42 Å². The van der Waals surface area contributed by atoms with Crippen LogP contribution in [0.2, 0.25) is 0 Å². The van der Waals surface area contributed by atoms with Crippen molar-refractivity contribution in [1.29, 1.82) is 0 Å². The van der Waals surface area contributed by atoms with E-state index in [-0.39, 0.29) is 17.8 Å². The third-order valence-electron chi connectivity index (χ3n) is 5.10. The molecule has 0 aliphatic rings. The van der Waals surface area contributed by atoms with Gasteiger partial charge >= 0.3 is 12.1 Å². The van der Waals surface area contributed by atoms with Gasteiger partial charge in [-0.25, -0.2) is 4.79 Å². The molecule has 0 aromatic heterocycles. The van der Waals surface area contributed by atoms with Crippen molar-refractivity contribution in [2.45, 2.75) is 72.4 Å². The van der Waals surface area contributed by atoms with E-state index in [0.29, 0.717) is 0 Å². The van der Waals surface area contributed by atoms with Crippen molar-refractivity contribution in [3.63, 3.8) is 0 Å². The van der Waals surface area contributed by atoms with E-state index in [1.165, 1.54) is 0 Å². The van der Waals surface area contributed by atoms with Crippen molar-refractivity contribution in [3.05, 3.63) is 29.3 Å². The summed E-state index contributed by atoms with van der Waals surface area (Å²) in [5, 5.41) is 14.2. The zero-order valence-corrected chi connectivity index (χ0v) is 23.5. The fourth-order valence-corrected chi connectivity index (χ4v) is 4.78. The molecule has 8 heteroatoms. The smallest absolute Gasteiger partial charge is 0.407 e. The van der Waals surface area contributed by atoms with Gasteiger partial charge in [-0.1, -0.05) is 58.7 Å². The second-order valence-corrected chi connectivity index (χ2v) is 11.7. The summed E-state index contributed by atoms with van der Waals surface area (Å²) in [5.41, 5.74) is 2.19. The lowest BCUT2D eigenvalue weighted by molar-refractivity contribution is -0.137. The summed E-state index contributed by atoms with van der Waals surface area (Å²) in [6.45, 7) is 15.3. The number of ether oxygens (including phenoxy) is 1. The first-order chi connectivity index (χ1) is 14.7. The maximum absolute atomic E-state index is 12.6. The average Bonchev–Trinajstić information content (AvgIpc) is 2.60. The average molecular weight is 578 g/mol. The maximum atomic E-state index is 12.6. The molecule has 6 nitrogen and oxygen atoms in total. The molecule has 32 heavy (non-hydrogen) atoms. The van der Waals surface area contributed by atoms with Crippen LogP contribution in [0.25, 0.3) is 0 Å². The Balaban J connectivity index is 3.49. The molecule has 0 aliphatic carbocycles. The van der Waals surface area contributed by atoms with Gasteiger partial charge in [-0.2, -0.15) is 0 Å². The molecule has 2 N–H and O–H groups in total. The second kappa shape index (κ2) is 12.3. The van der Waals surface area contributed by atoms with Crippen LogP contribution in [0.4, 0.5) is 10.5 Å². The molecular weight excluding hydrogens is 540 g/mol. The number of hydrogen-bond donors (Lipinski definition) is 2. The molecular formula is C24H38Br2N2O4. The minimum Gasteiger partial charge on any atom is -0.481 e. The van der Waals surface area contributed by atoms with Crippen LogP contribution < -0.4 is 10.2 Å². The van der Waals surface area contributed by atoms with E-state index in [0.717, 1.165) is 40.6 Å². The van der Waals surface area contributed by atoms with Gasteiger partial charge in [0, 0.05) is 41.4 Å². The van der Waals surface area contributed by atoms with E-state index < -0.39 is 23.7 Å². The summed E-state index contributed by atoms with van der Waals surface area (Å²) in [7, 11) is 0. The number of carboxylic acids is 1. The lowest BCUT2D eigenvalue weighted by Gasteiger charge is -2.39. The van der Waals surface area contributed by atoms with Gasteiger partial charge in [-0.3, -0.25) is 4.79 Å². The first kappa shape index (κ1) is 28.8. The molecule has 0 aliphatic heterocycles. The Hall–Kier alpha value is -1.28. The molecule has 182 valence electrons. The van der Waals surface area contributed by atoms with Gasteiger partial charge in [0.2, 0.25) is 0 Å². The van der Waals surface area contributed by atoms with Gasteiger partial charge in [0.1, 0.15) is 5.60 Å². The third kappa shape index (κ3) is 9.30.